The maximum Gasteiger partial charge on any atom is 0.247 e. The lowest BCUT2D eigenvalue weighted by molar-refractivity contribution is -0.126. The SMILES string of the molecule is CC(=O)Nc1cccc(NC(=O)C(NC(C)=O)C(C)C)c1C. The van der Waals surface area contributed by atoms with Crippen LogP contribution >= 0.6 is 0 Å². The third kappa shape index (κ3) is 4.87. The predicted octanol–water partition coefficient (Wildman–Crippen LogP) is 2.05. The minimum atomic E-state index is -0.610. The molecule has 0 radical (unpaired) electrons. The van der Waals surface area contributed by atoms with Crippen molar-refractivity contribution in [3.8, 4) is 0 Å². The molecule has 0 fully saturated rings. The number of nitrogens with one attached hydrogen (secondary N) is 3. The molecular weight excluding hydrogens is 282 g/mol. The molecule has 22 heavy (non-hydrogen) atoms. The number of hydrogen-bond donors (Lipinski definition) is 3. The van der Waals surface area contributed by atoms with Crippen molar-refractivity contribution in [1.82, 2.24) is 5.32 Å². The molecule has 3 amide bonds. The molecule has 0 aliphatic rings. The maximum atomic E-state index is 12.4. The minimum Gasteiger partial charge on any atom is -0.344 e. The first-order valence-electron chi connectivity index (χ1n) is 7.17. The van der Waals surface area contributed by atoms with Crippen molar-refractivity contribution in [2.45, 2.75) is 40.7 Å². The molecule has 3 N–H and O–H groups in total. The number of benzene rings is 1. The molecule has 0 saturated heterocycles. The highest BCUT2D eigenvalue weighted by Gasteiger charge is 2.23. The lowest BCUT2D eigenvalue weighted by Crippen LogP contribution is -2.46. The zero-order valence-corrected chi connectivity index (χ0v) is 13.6. The molecule has 1 aromatic carbocycles. The van der Waals surface area contributed by atoms with Gasteiger partial charge in [0, 0.05) is 25.2 Å². The molecule has 0 heterocycles. The Morgan fingerprint density at radius 1 is 0.955 bits per heavy atom. The smallest absolute Gasteiger partial charge is 0.247 e. The molecule has 6 heteroatoms. The predicted molar refractivity (Wildman–Crippen MR) is 86.6 cm³/mol. The highest BCUT2D eigenvalue weighted by molar-refractivity contribution is 5.99. The van der Waals surface area contributed by atoms with Crippen molar-refractivity contribution in [3.05, 3.63) is 23.8 Å². The third-order valence-electron chi connectivity index (χ3n) is 3.21. The standard InChI is InChI=1S/C16H23N3O3/c1-9(2)15(18-12(5)21)16(22)19-14-8-6-7-13(10(14)3)17-11(4)20/h6-9,15H,1-5H3,(H,17,20)(H,18,21)(H,19,22). The second-order valence-corrected chi connectivity index (χ2v) is 5.57. The molecular formula is C16H23N3O3. The average Bonchev–Trinajstić information content (AvgIpc) is 2.39. The van der Waals surface area contributed by atoms with Crippen LogP contribution in [0.3, 0.4) is 0 Å². The fraction of sp³-hybridized carbons (Fsp3) is 0.438. The summed E-state index contributed by atoms with van der Waals surface area (Å²) in [5.74, 6) is -0.751. The maximum absolute atomic E-state index is 12.4. The van der Waals surface area contributed by atoms with Crippen LogP contribution in [0.1, 0.15) is 33.3 Å². The summed E-state index contributed by atoms with van der Waals surface area (Å²) in [5, 5.41) is 8.16. The number of rotatable bonds is 5. The summed E-state index contributed by atoms with van der Waals surface area (Å²) in [4.78, 5) is 34.8. The molecule has 6 nitrogen and oxygen atoms in total. The topological polar surface area (TPSA) is 87.3 Å². The van der Waals surface area contributed by atoms with Crippen LogP contribution in [0.4, 0.5) is 11.4 Å². The fourth-order valence-electron chi connectivity index (χ4n) is 2.06. The Morgan fingerprint density at radius 2 is 1.50 bits per heavy atom. The van der Waals surface area contributed by atoms with E-state index < -0.39 is 6.04 Å². The second-order valence-electron chi connectivity index (χ2n) is 5.57. The zero-order chi connectivity index (χ0) is 16.9. The van der Waals surface area contributed by atoms with Crippen LogP contribution in [0.15, 0.2) is 18.2 Å². The summed E-state index contributed by atoms with van der Waals surface area (Å²) >= 11 is 0. The highest BCUT2D eigenvalue weighted by atomic mass is 16.2. The van der Waals surface area contributed by atoms with Gasteiger partial charge in [-0.3, -0.25) is 14.4 Å². The molecule has 0 saturated carbocycles. The summed E-state index contributed by atoms with van der Waals surface area (Å²) in [6.07, 6.45) is 0. The normalized spacial score (nSPS) is 11.7. The van der Waals surface area contributed by atoms with Crippen molar-refractivity contribution in [2.24, 2.45) is 5.92 Å². The number of carbonyl (C=O) groups is 3. The monoisotopic (exact) mass is 305 g/mol. The first-order chi connectivity index (χ1) is 10.2. The van der Waals surface area contributed by atoms with Gasteiger partial charge in [-0.25, -0.2) is 0 Å². The average molecular weight is 305 g/mol. The van der Waals surface area contributed by atoms with E-state index >= 15 is 0 Å². The van der Waals surface area contributed by atoms with E-state index in [1.165, 1.54) is 13.8 Å². The van der Waals surface area contributed by atoms with Gasteiger partial charge in [-0.15, -0.1) is 0 Å². The van der Waals surface area contributed by atoms with Crippen LogP contribution in [0.5, 0.6) is 0 Å². The number of anilines is 2. The Morgan fingerprint density at radius 3 is 1.95 bits per heavy atom. The summed E-state index contributed by atoms with van der Waals surface area (Å²) in [7, 11) is 0. The van der Waals surface area contributed by atoms with Crippen molar-refractivity contribution >= 4 is 29.1 Å². The van der Waals surface area contributed by atoms with E-state index in [4.69, 9.17) is 0 Å². The second kappa shape index (κ2) is 7.59. The van der Waals surface area contributed by atoms with Crippen LogP contribution in [0.25, 0.3) is 0 Å². The van der Waals surface area contributed by atoms with Gasteiger partial charge in [0.15, 0.2) is 0 Å². The molecule has 0 bridgehead atoms. The molecule has 1 aromatic rings. The van der Waals surface area contributed by atoms with E-state index in [0.717, 1.165) is 5.56 Å². The van der Waals surface area contributed by atoms with E-state index in [1.807, 2.05) is 20.8 Å². The van der Waals surface area contributed by atoms with Gasteiger partial charge in [0.25, 0.3) is 0 Å². The van der Waals surface area contributed by atoms with Crippen molar-refractivity contribution < 1.29 is 14.4 Å². The number of amides is 3. The minimum absolute atomic E-state index is 0.0391. The van der Waals surface area contributed by atoms with Gasteiger partial charge in [0.05, 0.1) is 0 Å². The molecule has 0 aliphatic carbocycles. The van der Waals surface area contributed by atoms with Gasteiger partial charge in [0.1, 0.15) is 6.04 Å². The molecule has 1 atom stereocenters. The highest BCUT2D eigenvalue weighted by Crippen LogP contribution is 2.23. The molecule has 0 aliphatic heterocycles. The van der Waals surface area contributed by atoms with Gasteiger partial charge in [-0.2, -0.15) is 0 Å². The first-order valence-corrected chi connectivity index (χ1v) is 7.17. The lowest BCUT2D eigenvalue weighted by Gasteiger charge is -2.22. The van der Waals surface area contributed by atoms with Crippen LogP contribution in [0, 0.1) is 12.8 Å². The summed E-state index contributed by atoms with van der Waals surface area (Å²) < 4.78 is 0. The summed E-state index contributed by atoms with van der Waals surface area (Å²) in [6.45, 7) is 8.34. The van der Waals surface area contributed by atoms with E-state index in [1.54, 1.807) is 18.2 Å². The molecule has 0 spiro atoms. The zero-order valence-electron chi connectivity index (χ0n) is 13.6. The quantitative estimate of drug-likeness (QED) is 0.778. The molecule has 1 unspecified atom stereocenters. The van der Waals surface area contributed by atoms with Gasteiger partial charge < -0.3 is 16.0 Å². The number of carbonyl (C=O) groups excluding carboxylic acids is 3. The molecule has 120 valence electrons. The largest absolute Gasteiger partial charge is 0.344 e. The Kier molecular flexibility index (Phi) is 6.10. The van der Waals surface area contributed by atoms with Crippen molar-refractivity contribution in [1.29, 1.82) is 0 Å². The first kappa shape index (κ1) is 17.7. The molecule has 0 aromatic heterocycles. The van der Waals surface area contributed by atoms with Crippen LogP contribution < -0.4 is 16.0 Å². The van der Waals surface area contributed by atoms with Crippen LogP contribution in [0.2, 0.25) is 0 Å². The van der Waals surface area contributed by atoms with Gasteiger partial charge in [0.2, 0.25) is 17.7 Å². The van der Waals surface area contributed by atoms with Gasteiger partial charge >= 0.3 is 0 Å². The summed E-state index contributed by atoms with van der Waals surface area (Å²) in [5.41, 5.74) is 2.01. The van der Waals surface area contributed by atoms with E-state index in [-0.39, 0.29) is 23.6 Å². The van der Waals surface area contributed by atoms with E-state index in [9.17, 15) is 14.4 Å². The van der Waals surface area contributed by atoms with E-state index in [2.05, 4.69) is 16.0 Å². The molecule has 1 rings (SSSR count). The third-order valence-corrected chi connectivity index (χ3v) is 3.21. The van der Waals surface area contributed by atoms with E-state index in [0.29, 0.717) is 11.4 Å². The Labute approximate surface area is 130 Å². The van der Waals surface area contributed by atoms with Gasteiger partial charge in [-0.05, 0) is 30.5 Å². The van der Waals surface area contributed by atoms with Crippen LogP contribution in [-0.2, 0) is 14.4 Å². The van der Waals surface area contributed by atoms with Crippen molar-refractivity contribution in [3.63, 3.8) is 0 Å². The lowest BCUT2D eigenvalue weighted by atomic mass is 10.0. The van der Waals surface area contributed by atoms with Crippen LogP contribution in [-0.4, -0.2) is 23.8 Å². The fourth-order valence-corrected chi connectivity index (χ4v) is 2.06. The number of hydrogen-bond acceptors (Lipinski definition) is 3. The summed E-state index contributed by atoms with van der Waals surface area (Å²) in [6, 6.07) is 4.65. The Bertz CT molecular complexity index is 582. The Hall–Kier alpha value is -2.37. The Balaban J connectivity index is 2.95. The van der Waals surface area contributed by atoms with Crippen molar-refractivity contribution in [2.75, 3.05) is 10.6 Å². The van der Waals surface area contributed by atoms with Gasteiger partial charge in [-0.1, -0.05) is 19.9 Å².